The van der Waals surface area contributed by atoms with Crippen LogP contribution >= 0.6 is 0 Å². The molecule has 2 rings (SSSR count). The maximum Gasteiger partial charge on any atom is 0.269 e. The van der Waals surface area contributed by atoms with Crippen LogP contribution in [0.4, 0.5) is 0 Å². The molecule has 0 saturated carbocycles. The molecule has 0 spiro atoms. The zero-order valence-electron chi connectivity index (χ0n) is 12.2. The molecule has 2 heterocycles. The second-order valence-electron chi connectivity index (χ2n) is 4.88. The Morgan fingerprint density at radius 3 is 2.67 bits per heavy atom. The molecular weight excluding hydrogens is 272 g/mol. The average molecular weight is 290 g/mol. The normalized spacial score (nSPS) is 13.7. The van der Waals surface area contributed by atoms with Gasteiger partial charge in [-0.25, -0.2) is 0 Å². The van der Waals surface area contributed by atoms with E-state index in [1.807, 2.05) is 6.92 Å². The van der Waals surface area contributed by atoms with Gasteiger partial charge in [-0.1, -0.05) is 19.0 Å². The molecule has 0 saturated heterocycles. The van der Waals surface area contributed by atoms with Crippen LogP contribution in [0.2, 0.25) is 0 Å². The van der Waals surface area contributed by atoms with Crippen LogP contribution in [0.1, 0.15) is 48.2 Å². The van der Waals surface area contributed by atoms with Crippen molar-refractivity contribution >= 4 is 5.91 Å². The highest BCUT2D eigenvalue weighted by Gasteiger charge is 2.25. The molecule has 0 bridgehead atoms. The number of carbonyl (C=O) groups excluding carboxylic acids is 1. The van der Waals surface area contributed by atoms with Gasteiger partial charge in [-0.05, 0) is 25.3 Å². The summed E-state index contributed by atoms with van der Waals surface area (Å²) in [4.78, 5) is 11.0. The highest BCUT2D eigenvalue weighted by Crippen LogP contribution is 2.31. The number of aryl methyl sites for hydroxylation is 1. The van der Waals surface area contributed by atoms with Gasteiger partial charge in [0.05, 0.1) is 11.8 Å². The van der Waals surface area contributed by atoms with Crippen molar-refractivity contribution < 1.29 is 14.1 Å². The van der Waals surface area contributed by atoms with Crippen LogP contribution < -0.4 is 10.5 Å². The number of carbonyl (C=O) groups is 1. The Balaban J connectivity index is 2.23. The van der Waals surface area contributed by atoms with E-state index in [1.165, 1.54) is 6.07 Å². The molecule has 2 unspecified atom stereocenters. The Morgan fingerprint density at radius 2 is 2.19 bits per heavy atom. The Hall–Kier alpha value is -2.44. The molecule has 0 aromatic carbocycles. The summed E-state index contributed by atoms with van der Waals surface area (Å²) < 4.78 is 11.0. The van der Waals surface area contributed by atoms with Gasteiger partial charge in [0, 0.05) is 6.07 Å². The molecule has 2 atom stereocenters. The summed E-state index contributed by atoms with van der Waals surface area (Å²) in [6.45, 7) is 5.98. The van der Waals surface area contributed by atoms with Crippen LogP contribution in [-0.2, 0) is 0 Å². The first-order valence-corrected chi connectivity index (χ1v) is 6.74. The van der Waals surface area contributed by atoms with Crippen molar-refractivity contribution in [1.29, 1.82) is 0 Å². The summed E-state index contributed by atoms with van der Waals surface area (Å²) in [5.74, 6) is 0.649. The van der Waals surface area contributed by atoms with Gasteiger partial charge >= 0.3 is 0 Å². The molecule has 0 fully saturated rings. The monoisotopic (exact) mass is 290 g/mol. The number of primary amides is 1. The molecule has 112 valence electrons. The van der Waals surface area contributed by atoms with Crippen molar-refractivity contribution in [3.05, 3.63) is 35.3 Å². The van der Waals surface area contributed by atoms with E-state index in [-0.39, 0.29) is 17.7 Å². The van der Waals surface area contributed by atoms with E-state index >= 15 is 0 Å². The van der Waals surface area contributed by atoms with Gasteiger partial charge in [-0.2, -0.15) is 0 Å². The molecule has 7 nitrogen and oxygen atoms in total. The summed E-state index contributed by atoms with van der Waals surface area (Å²) in [5.41, 5.74) is 6.11. The molecule has 1 amide bonds. The van der Waals surface area contributed by atoms with Gasteiger partial charge in [0.1, 0.15) is 11.9 Å². The number of nitrogens with two attached hydrogens (primary N) is 1. The predicted molar refractivity (Wildman–Crippen MR) is 74.6 cm³/mol. The van der Waals surface area contributed by atoms with Crippen LogP contribution in [-0.4, -0.2) is 21.3 Å². The largest absolute Gasteiger partial charge is 0.468 e. The maximum atomic E-state index is 11.0. The predicted octanol–water partition coefficient (Wildman–Crippen LogP) is 2.04. The lowest BCUT2D eigenvalue weighted by molar-refractivity contribution is 0.0993. The van der Waals surface area contributed by atoms with Gasteiger partial charge < -0.3 is 15.0 Å². The molecule has 21 heavy (non-hydrogen) atoms. The Bertz CT molecular complexity index is 609. The van der Waals surface area contributed by atoms with Gasteiger partial charge in [0.15, 0.2) is 5.69 Å². The zero-order valence-corrected chi connectivity index (χ0v) is 12.2. The first-order chi connectivity index (χ1) is 10.0. The fraction of sp³-hybridized carbons (Fsp3) is 0.429. The van der Waals surface area contributed by atoms with Crippen LogP contribution in [0.25, 0.3) is 0 Å². The Labute approximate surface area is 122 Å². The van der Waals surface area contributed by atoms with Gasteiger partial charge in [0.25, 0.3) is 5.91 Å². The SMILES string of the molecule is CCC(C)C(Oc1ccc(C(N)=O)nn1)c1cnoc1C. The molecular formula is C14H18N4O3. The molecule has 0 aliphatic carbocycles. The lowest BCUT2D eigenvalue weighted by Gasteiger charge is -2.22. The quantitative estimate of drug-likeness (QED) is 0.873. The summed E-state index contributed by atoms with van der Waals surface area (Å²) in [6, 6.07) is 3.06. The summed E-state index contributed by atoms with van der Waals surface area (Å²) in [7, 11) is 0. The minimum Gasteiger partial charge on any atom is -0.468 e. The number of aromatic nitrogens is 3. The molecule has 7 heteroatoms. The van der Waals surface area contributed by atoms with Crippen LogP contribution in [0.5, 0.6) is 5.88 Å². The number of hydrogen-bond donors (Lipinski definition) is 1. The highest BCUT2D eigenvalue weighted by atomic mass is 16.5. The number of ether oxygens (including phenoxy) is 1. The van der Waals surface area contributed by atoms with Crippen molar-refractivity contribution in [2.45, 2.75) is 33.3 Å². The fourth-order valence-corrected chi connectivity index (χ4v) is 1.92. The van der Waals surface area contributed by atoms with Crippen LogP contribution in [0.15, 0.2) is 22.9 Å². The maximum absolute atomic E-state index is 11.0. The number of amides is 1. The lowest BCUT2D eigenvalue weighted by Crippen LogP contribution is -2.18. The first-order valence-electron chi connectivity index (χ1n) is 6.74. The molecule has 0 aliphatic heterocycles. The van der Waals surface area contributed by atoms with Crippen LogP contribution in [0.3, 0.4) is 0 Å². The van der Waals surface area contributed by atoms with Crippen LogP contribution in [0, 0.1) is 12.8 Å². The third-order valence-corrected chi connectivity index (χ3v) is 3.40. The Kier molecular flexibility index (Phi) is 4.52. The fourth-order valence-electron chi connectivity index (χ4n) is 1.92. The molecule has 0 radical (unpaired) electrons. The van der Waals surface area contributed by atoms with E-state index in [9.17, 15) is 4.79 Å². The lowest BCUT2D eigenvalue weighted by atomic mass is 9.96. The third kappa shape index (κ3) is 3.36. The van der Waals surface area contributed by atoms with Crippen molar-refractivity contribution in [3.8, 4) is 5.88 Å². The van der Waals surface area contributed by atoms with Crippen molar-refractivity contribution in [2.75, 3.05) is 0 Å². The summed E-state index contributed by atoms with van der Waals surface area (Å²) >= 11 is 0. The molecule has 0 aliphatic rings. The second kappa shape index (κ2) is 6.34. The average Bonchev–Trinajstić information content (AvgIpc) is 2.90. The Morgan fingerprint density at radius 1 is 1.43 bits per heavy atom. The van der Waals surface area contributed by atoms with Crippen molar-refractivity contribution in [2.24, 2.45) is 11.7 Å². The molecule has 2 aromatic rings. The summed E-state index contributed by atoms with van der Waals surface area (Å²) in [5, 5.41) is 11.4. The van der Waals surface area contributed by atoms with Gasteiger partial charge in [-0.3, -0.25) is 4.79 Å². The van der Waals surface area contributed by atoms with E-state index in [2.05, 4.69) is 29.2 Å². The first kappa shape index (κ1) is 15.0. The molecule has 2 aromatic heterocycles. The van der Waals surface area contributed by atoms with E-state index in [1.54, 1.807) is 12.3 Å². The summed E-state index contributed by atoms with van der Waals surface area (Å²) in [6.07, 6.45) is 2.33. The minimum atomic E-state index is -0.623. The van der Waals surface area contributed by atoms with Crippen molar-refractivity contribution in [1.82, 2.24) is 15.4 Å². The van der Waals surface area contributed by atoms with E-state index in [4.69, 9.17) is 15.0 Å². The third-order valence-electron chi connectivity index (χ3n) is 3.40. The minimum absolute atomic E-state index is 0.101. The van der Waals surface area contributed by atoms with E-state index in [0.29, 0.717) is 11.6 Å². The van der Waals surface area contributed by atoms with Gasteiger partial charge in [0.2, 0.25) is 5.88 Å². The van der Waals surface area contributed by atoms with E-state index < -0.39 is 5.91 Å². The van der Waals surface area contributed by atoms with E-state index in [0.717, 1.165) is 12.0 Å². The second-order valence-corrected chi connectivity index (χ2v) is 4.88. The number of nitrogens with zero attached hydrogens (tertiary/aromatic N) is 3. The number of rotatable bonds is 6. The number of hydrogen-bond acceptors (Lipinski definition) is 6. The topological polar surface area (TPSA) is 104 Å². The van der Waals surface area contributed by atoms with Gasteiger partial charge in [-0.15, -0.1) is 10.2 Å². The zero-order chi connectivity index (χ0) is 15.4. The molecule has 2 N–H and O–H groups in total. The standard InChI is InChI=1S/C14H18N4O3/c1-4-8(2)13(10-7-16-21-9(10)3)20-12-6-5-11(14(15)19)17-18-12/h5-8,13H,4H2,1-3H3,(H2,15,19). The highest BCUT2D eigenvalue weighted by molar-refractivity contribution is 5.90. The van der Waals surface area contributed by atoms with Crippen molar-refractivity contribution in [3.63, 3.8) is 0 Å². The smallest absolute Gasteiger partial charge is 0.269 e.